The molecule has 1 N–H and O–H groups in total. The SMILES string of the molecule is CC(C)(CCOC(C)(C)P(=O)(O)C(C)(C)OCCC(C)(C)O[C@H]1[C@H](N2CCCC2=O)c2cc(C#N)ccc2OC1(C)C)O[C@H]1[C@H](N2CCCC2=O)c2cc(C#N)ccc2OC1(C)C. The van der Waals surface area contributed by atoms with Gasteiger partial charge in [0, 0.05) is 37.1 Å². The molecule has 63 heavy (non-hydrogen) atoms. The van der Waals surface area contributed by atoms with Crippen LogP contribution in [-0.4, -0.2) is 98.1 Å². The summed E-state index contributed by atoms with van der Waals surface area (Å²) in [6, 6.07) is 14.0. The summed E-state index contributed by atoms with van der Waals surface area (Å²) in [6.45, 7) is 23.1. The average molecular weight is 891 g/mol. The third-order valence-electron chi connectivity index (χ3n) is 13.2. The van der Waals surface area contributed by atoms with Crippen LogP contribution in [0.15, 0.2) is 36.4 Å². The molecule has 2 amide bonds. The van der Waals surface area contributed by atoms with Gasteiger partial charge >= 0.3 is 0 Å². The van der Waals surface area contributed by atoms with Gasteiger partial charge in [-0.15, -0.1) is 0 Å². The second kappa shape index (κ2) is 17.4. The van der Waals surface area contributed by atoms with Crippen LogP contribution >= 0.6 is 7.37 Å². The number of carbonyl (C=O) groups is 2. The number of benzene rings is 2. The number of nitriles is 2. The summed E-state index contributed by atoms with van der Waals surface area (Å²) in [4.78, 5) is 41.9. The topological polar surface area (TPSA) is 181 Å². The van der Waals surface area contributed by atoms with E-state index in [0.717, 1.165) is 24.0 Å². The fourth-order valence-corrected chi connectivity index (χ4v) is 11.2. The standard InChI is InChI=1S/C48H67N4O10P/c1-43(2,61-41-39(51-23-13-15-37(51)53)33-27-31(29-49)17-19-35(33)59-45(41,5)6)21-25-57-47(9,10)63(55,56)48(11,12)58-26-22-44(3,4)62-42-40(52-24-14-16-38(52)54)34-28-32(30-50)18-20-36(34)60-46(42,7)8/h17-20,27-28,39-42H,13-16,21-26H2,1-12H3,(H,55,56)/t39-,40-,41+,42+/m1/s1. The van der Waals surface area contributed by atoms with Crippen molar-refractivity contribution in [1.29, 1.82) is 10.5 Å². The van der Waals surface area contributed by atoms with Gasteiger partial charge in [-0.1, -0.05) is 0 Å². The Morgan fingerprint density at radius 1 is 0.698 bits per heavy atom. The van der Waals surface area contributed by atoms with E-state index in [1.165, 1.54) is 0 Å². The summed E-state index contributed by atoms with van der Waals surface area (Å²) >= 11 is 0. The molecule has 0 aromatic heterocycles. The van der Waals surface area contributed by atoms with Crippen LogP contribution in [0.4, 0.5) is 0 Å². The van der Waals surface area contributed by atoms with Crippen molar-refractivity contribution in [2.45, 2.75) is 179 Å². The Labute approximate surface area is 373 Å². The van der Waals surface area contributed by atoms with Crippen molar-refractivity contribution >= 4 is 19.2 Å². The Hall–Kier alpha value is -4.01. The highest BCUT2D eigenvalue weighted by molar-refractivity contribution is 7.60. The molecule has 344 valence electrons. The van der Waals surface area contributed by atoms with Gasteiger partial charge < -0.3 is 43.1 Å². The Kier molecular flexibility index (Phi) is 13.4. The van der Waals surface area contributed by atoms with E-state index in [1.54, 1.807) is 64.1 Å². The van der Waals surface area contributed by atoms with Crippen LogP contribution in [0, 0.1) is 22.7 Å². The molecule has 0 radical (unpaired) electrons. The first-order valence-electron chi connectivity index (χ1n) is 22.2. The minimum Gasteiger partial charge on any atom is -0.485 e. The molecule has 2 fully saturated rings. The van der Waals surface area contributed by atoms with Gasteiger partial charge in [-0.3, -0.25) is 14.2 Å². The molecule has 4 heterocycles. The van der Waals surface area contributed by atoms with E-state index in [-0.39, 0.29) is 25.0 Å². The van der Waals surface area contributed by atoms with Crippen molar-refractivity contribution in [3.8, 4) is 23.6 Å². The summed E-state index contributed by atoms with van der Waals surface area (Å²) < 4.78 is 53.7. The average Bonchev–Trinajstić information content (AvgIpc) is 3.81. The molecule has 14 nitrogen and oxygen atoms in total. The molecular weight excluding hydrogens is 824 g/mol. The number of nitrogens with zero attached hydrogens (tertiary/aromatic N) is 4. The third-order valence-corrected chi connectivity index (χ3v) is 16.3. The number of fused-ring (bicyclic) bond motifs is 2. The zero-order chi connectivity index (χ0) is 46.6. The Morgan fingerprint density at radius 3 is 1.38 bits per heavy atom. The minimum absolute atomic E-state index is 0.0239. The lowest BCUT2D eigenvalue weighted by Crippen LogP contribution is -2.57. The second-order valence-corrected chi connectivity index (χ2v) is 24.0. The first-order chi connectivity index (χ1) is 29.2. The molecule has 0 aliphatic carbocycles. The first kappa shape index (κ1) is 48.4. The van der Waals surface area contributed by atoms with E-state index in [2.05, 4.69) is 12.1 Å². The van der Waals surface area contributed by atoms with E-state index < -0.39 is 64.7 Å². The number of carbonyl (C=O) groups excluding carboxylic acids is 2. The lowest BCUT2D eigenvalue weighted by molar-refractivity contribution is -0.188. The number of amides is 2. The van der Waals surface area contributed by atoms with Crippen molar-refractivity contribution < 1.29 is 47.5 Å². The molecule has 4 aliphatic heterocycles. The van der Waals surface area contributed by atoms with Crippen LogP contribution in [0.3, 0.4) is 0 Å². The Morgan fingerprint density at radius 2 is 1.06 bits per heavy atom. The summed E-state index contributed by atoms with van der Waals surface area (Å²) in [5.41, 5.74) is -0.970. The van der Waals surface area contributed by atoms with Crippen molar-refractivity contribution in [1.82, 2.24) is 9.80 Å². The zero-order valence-electron chi connectivity index (χ0n) is 39.2. The summed E-state index contributed by atoms with van der Waals surface area (Å²) in [7, 11) is -4.23. The van der Waals surface area contributed by atoms with E-state index in [4.69, 9.17) is 28.4 Å². The molecule has 0 spiro atoms. The largest absolute Gasteiger partial charge is 0.485 e. The molecular formula is C48H67N4O10P. The molecule has 4 aliphatic rings. The van der Waals surface area contributed by atoms with Crippen molar-refractivity contribution in [3.63, 3.8) is 0 Å². The van der Waals surface area contributed by atoms with E-state index >= 15 is 0 Å². The summed E-state index contributed by atoms with van der Waals surface area (Å²) in [6.07, 6.45) is 1.81. The summed E-state index contributed by atoms with van der Waals surface area (Å²) in [5.74, 6) is 1.27. The fraction of sp³-hybridized carbons (Fsp3) is 0.667. The number of hydrogen-bond acceptors (Lipinski definition) is 11. The van der Waals surface area contributed by atoms with Crippen LogP contribution in [0.25, 0.3) is 0 Å². The van der Waals surface area contributed by atoms with Gasteiger partial charge in [-0.05, 0) is 145 Å². The quantitative estimate of drug-likeness (QED) is 0.159. The number of hydrogen-bond donors (Lipinski definition) is 1. The zero-order valence-corrected chi connectivity index (χ0v) is 40.1. The molecule has 0 bridgehead atoms. The van der Waals surface area contributed by atoms with Crippen LogP contribution in [0.5, 0.6) is 11.5 Å². The highest BCUT2D eigenvalue weighted by Gasteiger charge is 2.55. The highest BCUT2D eigenvalue weighted by Crippen LogP contribution is 2.65. The van der Waals surface area contributed by atoms with E-state index in [1.807, 2.05) is 65.2 Å². The second-order valence-electron chi connectivity index (χ2n) is 20.7. The minimum atomic E-state index is -4.23. The molecule has 2 aromatic rings. The lowest BCUT2D eigenvalue weighted by Gasteiger charge is -2.50. The Bertz CT molecular complexity index is 2050. The molecule has 0 unspecified atom stereocenters. The molecule has 4 atom stereocenters. The van der Waals surface area contributed by atoms with Gasteiger partial charge in [0.1, 0.15) is 45.6 Å². The molecule has 6 rings (SSSR count). The van der Waals surface area contributed by atoms with Gasteiger partial charge in [0.15, 0.2) is 0 Å². The van der Waals surface area contributed by atoms with Crippen LogP contribution in [0.1, 0.15) is 156 Å². The lowest BCUT2D eigenvalue weighted by atomic mass is 9.84. The van der Waals surface area contributed by atoms with Gasteiger partial charge in [0.25, 0.3) is 7.37 Å². The van der Waals surface area contributed by atoms with E-state index in [0.29, 0.717) is 61.4 Å². The summed E-state index contributed by atoms with van der Waals surface area (Å²) in [5, 5.41) is 16.4. The predicted octanol–water partition coefficient (Wildman–Crippen LogP) is 8.68. The fourth-order valence-electron chi connectivity index (χ4n) is 9.38. The van der Waals surface area contributed by atoms with Crippen molar-refractivity contribution in [2.24, 2.45) is 0 Å². The third kappa shape index (κ3) is 9.83. The van der Waals surface area contributed by atoms with Crippen LogP contribution in [-0.2, 0) is 33.1 Å². The maximum atomic E-state index is 14.4. The van der Waals surface area contributed by atoms with Crippen LogP contribution in [0.2, 0.25) is 0 Å². The number of likely N-dealkylation sites (tertiary alicyclic amines) is 2. The predicted molar refractivity (Wildman–Crippen MR) is 236 cm³/mol. The Balaban J connectivity index is 1.10. The van der Waals surface area contributed by atoms with Gasteiger partial charge in [0.2, 0.25) is 11.8 Å². The van der Waals surface area contributed by atoms with Gasteiger partial charge in [0.05, 0.1) is 59.8 Å². The van der Waals surface area contributed by atoms with Gasteiger partial charge in [-0.2, -0.15) is 10.5 Å². The monoisotopic (exact) mass is 890 g/mol. The molecule has 15 heteroatoms. The van der Waals surface area contributed by atoms with Gasteiger partial charge in [-0.25, -0.2) is 0 Å². The maximum Gasteiger partial charge on any atom is 0.261 e. The maximum absolute atomic E-state index is 14.4. The van der Waals surface area contributed by atoms with Crippen LogP contribution < -0.4 is 9.47 Å². The first-order valence-corrected chi connectivity index (χ1v) is 23.8. The molecule has 0 saturated carbocycles. The molecule has 2 saturated heterocycles. The normalized spacial score (nSPS) is 23.7. The van der Waals surface area contributed by atoms with Crippen molar-refractivity contribution in [2.75, 3.05) is 26.3 Å². The van der Waals surface area contributed by atoms with E-state index in [9.17, 15) is 29.6 Å². The number of rotatable bonds is 16. The highest BCUT2D eigenvalue weighted by atomic mass is 31.2. The molecule has 2 aromatic carbocycles. The van der Waals surface area contributed by atoms with Crippen molar-refractivity contribution in [3.05, 3.63) is 58.7 Å². The smallest absolute Gasteiger partial charge is 0.261 e. The number of ether oxygens (including phenoxy) is 6.